The molecule has 2 unspecified atom stereocenters. The summed E-state index contributed by atoms with van der Waals surface area (Å²) in [6, 6.07) is 4.13. The first kappa shape index (κ1) is 14.3. The third-order valence-corrected chi connectivity index (χ3v) is 3.97. The predicted molar refractivity (Wildman–Crippen MR) is 74.5 cm³/mol. The van der Waals surface area contributed by atoms with E-state index in [0.717, 1.165) is 25.7 Å². The van der Waals surface area contributed by atoms with E-state index in [9.17, 15) is 9.18 Å². The SMILES string of the molecule is NCC1CCCCC1C(=O)Nc1cc(Cl)ccc1F. The minimum Gasteiger partial charge on any atom is -0.330 e. The van der Waals surface area contributed by atoms with Gasteiger partial charge in [-0.2, -0.15) is 0 Å². The molecule has 0 spiro atoms. The smallest absolute Gasteiger partial charge is 0.227 e. The van der Waals surface area contributed by atoms with Gasteiger partial charge in [0.05, 0.1) is 5.69 Å². The molecule has 1 aliphatic carbocycles. The number of amides is 1. The van der Waals surface area contributed by atoms with Crippen molar-refractivity contribution in [3.8, 4) is 0 Å². The maximum absolute atomic E-state index is 13.6. The number of hydrogen-bond acceptors (Lipinski definition) is 2. The van der Waals surface area contributed by atoms with Crippen molar-refractivity contribution in [2.75, 3.05) is 11.9 Å². The monoisotopic (exact) mass is 284 g/mol. The number of benzene rings is 1. The minimum atomic E-state index is -0.474. The normalized spacial score (nSPS) is 23.1. The molecule has 5 heteroatoms. The molecule has 3 nitrogen and oxygen atoms in total. The number of carbonyl (C=O) groups is 1. The Morgan fingerprint density at radius 2 is 2.16 bits per heavy atom. The summed E-state index contributed by atoms with van der Waals surface area (Å²) in [7, 11) is 0. The van der Waals surface area contributed by atoms with Crippen LogP contribution in [0, 0.1) is 17.7 Å². The standard InChI is InChI=1S/C14H18ClFN2O/c15-10-5-6-12(16)13(7-10)18-14(19)11-4-2-1-3-9(11)8-17/h5-7,9,11H,1-4,8,17H2,(H,18,19). The fourth-order valence-corrected chi connectivity index (χ4v) is 2.83. The molecule has 3 N–H and O–H groups in total. The molecule has 1 aromatic carbocycles. The molecule has 104 valence electrons. The lowest BCUT2D eigenvalue weighted by molar-refractivity contribution is -0.122. The number of anilines is 1. The first-order chi connectivity index (χ1) is 9.11. The number of rotatable bonds is 3. The van der Waals surface area contributed by atoms with Crippen molar-refractivity contribution in [3.63, 3.8) is 0 Å². The fraction of sp³-hybridized carbons (Fsp3) is 0.500. The molecular formula is C14H18ClFN2O. The molecule has 0 heterocycles. The molecule has 0 saturated heterocycles. The maximum atomic E-state index is 13.6. The van der Waals surface area contributed by atoms with Crippen LogP contribution in [0.2, 0.25) is 5.02 Å². The summed E-state index contributed by atoms with van der Waals surface area (Å²) in [5.74, 6) is -0.567. The van der Waals surface area contributed by atoms with Crippen LogP contribution in [0.4, 0.5) is 10.1 Å². The summed E-state index contributed by atoms with van der Waals surface area (Å²) in [5.41, 5.74) is 5.84. The Labute approximate surface area is 117 Å². The van der Waals surface area contributed by atoms with E-state index in [1.165, 1.54) is 18.2 Å². The van der Waals surface area contributed by atoms with Gasteiger partial charge in [-0.05, 0) is 43.5 Å². The number of hydrogen-bond donors (Lipinski definition) is 2. The Morgan fingerprint density at radius 3 is 2.89 bits per heavy atom. The Hall–Kier alpha value is -1.13. The van der Waals surface area contributed by atoms with E-state index < -0.39 is 5.82 Å². The Balaban J connectivity index is 2.09. The number of carbonyl (C=O) groups excluding carboxylic acids is 1. The van der Waals surface area contributed by atoms with Crippen molar-refractivity contribution in [2.24, 2.45) is 17.6 Å². The highest BCUT2D eigenvalue weighted by molar-refractivity contribution is 6.30. The average molecular weight is 285 g/mol. The summed E-state index contributed by atoms with van der Waals surface area (Å²) in [6.07, 6.45) is 3.91. The van der Waals surface area contributed by atoms with Crippen molar-refractivity contribution in [2.45, 2.75) is 25.7 Å². The van der Waals surface area contributed by atoms with Crippen LogP contribution in [-0.2, 0) is 4.79 Å². The van der Waals surface area contributed by atoms with Crippen molar-refractivity contribution in [1.82, 2.24) is 0 Å². The molecular weight excluding hydrogens is 267 g/mol. The summed E-state index contributed by atoms with van der Waals surface area (Å²) >= 11 is 5.80. The molecule has 1 aromatic rings. The highest BCUT2D eigenvalue weighted by Gasteiger charge is 2.30. The minimum absolute atomic E-state index is 0.128. The van der Waals surface area contributed by atoms with Crippen LogP contribution in [0.3, 0.4) is 0 Å². The second-order valence-electron chi connectivity index (χ2n) is 5.00. The van der Waals surface area contributed by atoms with E-state index in [1.54, 1.807) is 0 Å². The zero-order chi connectivity index (χ0) is 13.8. The Kier molecular flexibility index (Phi) is 4.77. The number of nitrogens with one attached hydrogen (secondary N) is 1. The van der Waals surface area contributed by atoms with Gasteiger partial charge in [0.2, 0.25) is 5.91 Å². The zero-order valence-electron chi connectivity index (χ0n) is 10.7. The van der Waals surface area contributed by atoms with Gasteiger partial charge in [0.15, 0.2) is 0 Å². The highest BCUT2D eigenvalue weighted by Crippen LogP contribution is 2.31. The molecule has 0 radical (unpaired) electrons. The Morgan fingerprint density at radius 1 is 1.42 bits per heavy atom. The van der Waals surface area contributed by atoms with Crippen LogP contribution in [-0.4, -0.2) is 12.5 Å². The van der Waals surface area contributed by atoms with Crippen LogP contribution in [0.5, 0.6) is 0 Å². The van der Waals surface area contributed by atoms with Gasteiger partial charge in [0.25, 0.3) is 0 Å². The van der Waals surface area contributed by atoms with E-state index in [-0.39, 0.29) is 23.4 Å². The number of halogens is 2. The predicted octanol–water partition coefficient (Wildman–Crippen LogP) is 3.18. The van der Waals surface area contributed by atoms with E-state index >= 15 is 0 Å². The first-order valence-electron chi connectivity index (χ1n) is 6.58. The van der Waals surface area contributed by atoms with Crippen molar-refractivity contribution in [3.05, 3.63) is 29.0 Å². The van der Waals surface area contributed by atoms with Crippen LogP contribution in [0.1, 0.15) is 25.7 Å². The van der Waals surface area contributed by atoms with Gasteiger partial charge >= 0.3 is 0 Å². The molecule has 2 atom stereocenters. The van der Waals surface area contributed by atoms with E-state index in [0.29, 0.717) is 11.6 Å². The first-order valence-corrected chi connectivity index (χ1v) is 6.95. The molecule has 0 aliphatic heterocycles. The van der Waals surface area contributed by atoms with Gasteiger partial charge in [-0.3, -0.25) is 4.79 Å². The van der Waals surface area contributed by atoms with Crippen LogP contribution in [0.15, 0.2) is 18.2 Å². The second-order valence-corrected chi connectivity index (χ2v) is 5.44. The molecule has 1 fully saturated rings. The molecule has 1 saturated carbocycles. The van der Waals surface area contributed by atoms with Gasteiger partial charge in [-0.25, -0.2) is 4.39 Å². The van der Waals surface area contributed by atoms with E-state index in [4.69, 9.17) is 17.3 Å². The summed E-state index contributed by atoms with van der Waals surface area (Å²) in [5, 5.41) is 3.03. The van der Waals surface area contributed by atoms with E-state index in [1.807, 2.05) is 0 Å². The molecule has 2 rings (SSSR count). The summed E-state index contributed by atoms with van der Waals surface area (Å²) < 4.78 is 13.6. The van der Waals surface area contributed by atoms with Crippen molar-refractivity contribution >= 4 is 23.2 Å². The van der Waals surface area contributed by atoms with E-state index in [2.05, 4.69) is 5.32 Å². The lowest BCUT2D eigenvalue weighted by Gasteiger charge is -2.29. The van der Waals surface area contributed by atoms with Crippen molar-refractivity contribution in [1.29, 1.82) is 0 Å². The average Bonchev–Trinajstić information content (AvgIpc) is 2.42. The van der Waals surface area contributed by atoms with Gasteiger partial charge in [0.1, 0.15) is 5.82 Å². The molecule has 0 bridgehead atoms. The lowest BCUT2D eigenvalue weighted by Crippen LogP contribution is -2.35. The third kappa shape index (κ3) is 3.45. The van der Waals surface area contributed by atoms with Crippen LogP contribution < -0.4 is 11.1 Å². The largest absolute Gasteiger partial charge is 0.330 e. The molecule has 0 aromatic heterocycles. The Bertz CT molecular complexity index is 467. The summed E-state index contributed by atoms with van der Waals surface area (Å²) in [6.45, 7) is 0.496. The second kappa shape index (κ2) is 6.35. The molecule has 1 aliphatic rings. The summed E-state index contributed by atoms with van der Waals surface area (Å²) in [4.78, 5) is 12.2. The highest BCUT2D eigenvalue weighted by atomic mass is 35.5. The topological polar surface area (TPSA) is 55.1 Å². The molecule has 1 amide bonds. The quantitative estimate of drug-likeness (QED) is 0.896. The van der Waals surface area contributed by atoms with Gasteiger partial charge in [-0.15, -0.1) is 0 Å². The zero-order valence-corrected chi connectivity index (χ0v) is 11.4. The number of nitrogens with two attached hydrogens (primary N) is 1. The lowest BCUT2D eigenvalue weighted by atomic mass is 9.78. The molecule has 19 heavy (non-hydrogen) atoms. The van der Waals surface area contributed by atoms with Gasteiger partial charge < -0.3 is 11.1 Å². The maximum Gasteiger partial charge on any atom is 0.227 e. The van der Waals surface area contributed by atoms with Crippen molar-refractivity contribution < 1.29 is 9.18 Å². The van der Waals surface area contributed by atoms with Crippen LogP contribution >= 0.6 is 11.6 Å². The fourth-order valence-electron chi connectivity index (χ4n) is 2.65. The van der Waals surface area contributed by atoms with Gasteiger partial charge in [0, 0.05) is 10.9 Å². The van der Waals surface area contributed by atoms with Gasteiger partial charge in [-0.1, -0.05) is 24.4 Å². The van der Waals surface area contributed by atoms with Crippen LogP contribution in [0.25, 0.3) is 0 Å². The third-order valence-electron chi connectivity index (χ3n) is 3.73.